The molecule has 1 atom stereocenters. The van der Waals surface area contributed by atoms with Gasteiger partial charge < -0.3 is 14.6 Å². The first kappa shape index (κ1) is 23.2. The van der Waals surface area contributed by atoms with Crippen molar-refractivity contribution in [3.63, 3.8) is 0 Å². The summed E-state index contributed by atoms with van der Waals surface area (Å²) in [4.78, 5) is 17.1. The minimum Gasteiger partial charge on any atom is -0.480 e. The molecule has 0 aliphatic rings. The highest BCUT2D eigenvalue weighted by Crippen LogP contribution is 2.30. The summed E-state index contributed by atoms with van der Waals surface area (Å²) in [6, 6.07) is 12.2. The summed E-state index contributed by atoms with van der Waals surface area (Å²) >= 11 is 2.73. The number of nitrogens with zero attached hydrogens (tertiary/aromatic N) is 4. The van der Waals surface area contributed by atoms with Gasteiger partial charge in [-0.1, -0.05) is 47.4 Å². The van der Waals surface area contributed by atoms with Crippen molar-refractivity contribution in [3.05, 3.63) is 59.7 Å². The first-order valence-electron chi connectivity index (χ1n) is 10.5. The van der Waals surface area contributed by atoms with Gasteiger partial charge in [-0.2, -0.15) is 0 Å². The van der Waals surface area contributed by atoms with Crippen molar-refractivity contribution in [2.24, 2.45) is 0 Å². The molecule has 0 aliphatic heterocycles. The number of aromatic nitrogens is 4. The highest BCUT2D eigenvalue weighted by atomic mass is 32.2. The van der Waals surface area contributed by atoms with Crippen LogP contribution in [0.1, 0.15) is 44.3 Å². The molecule has 0 radical (unpaired) electrons. The van der Waals surface area contributed by atoms with Gasteiger partial charge in [-0.25, -0.2) is 9.37 Å². The lowest BCUT2D eigenvalue weighted by atomic mass is 10.2. The third-order valence-corrected chi connectivity index (χ3v) is 6.79. The second-order valence-electron chi connectivity index (χ2n) is 7.77. The molecule has 0 saturated heterocycles. The van der Waals surface area contributed by atoms with Gasteiger partial charge in [0, 0.05) is 6.04 Å². The number of hydrogen-bond donors (Lipinski definition) is 1. The van der Waals surface area contributed by atoms with Gasteiger partial charge in [0.15, 0.2) is 33.8 Å². The lowest BCUT2D eigenvalue weighted by Crippen LogP contribution is -2.16. The van der Waals surface area contributed by atoms with E-state index in [0.29, 0.717) is 16.1 Å². The van der Waals surface area contributed by atoms with Crippen molar-refractivity contribution >= 4 is 44.4 Å². The molecule has 7 nitrogen and oxygen atoms in total. The highest BCUT2D eigenvalue weighted by Gasteiger charge is 2.23. The summed E-state index contributed by atoms with van der Waals surface area (Å²) in [5.41, 5.74) is 1.97. The molecule has 1 amide bonds. The minimum atomic E-state index is -0.522. The predicted octanol–water partition coefficient (Wildman–Crippen LogP) is 5.79. The van der Waals surface area contributed by atoms with E-state index in [9.17, 15) is 9.18 Å². The summed E-state index contributed by atoms with van der Waals surface area (Å²) in [5.74, 6) is 0.270. The van der Waals surface area contributed by atoms with E-state index in [2.05, 4.69) is 20.5 Å². The SMILES string of the molecule is Cc1cccc2sc(NC(=O)CSc3nnc(C(C)Oc4ccccc4F)n3C(C)C)nc12. The number of carbonyl (C=O) groups is 1. The van der Waals surface area contributed by atoms with Gasteiger partial charge >= 0.3 is 0 Å². The number of benzene rings is 2. The predicted molar refractivity (Wildman–Crippen MR) is 130 cm³/mol. The third kappa shape index (κ3) is 5.17. The van der Waals surface area contributed by atoms with Crippen LogP contribution in [-0.4, -0.2) is 31.4 Å². The van der Waals surface area contributed by atoms with Crippen LogP contribution in [0.15, 0.2) is 47.6 Å². The average molecular weight is 486 g/mol. The molecular formula is C23H24FN5O2S2. The number of halogens is 1. The standard InChI is InChI=1S/C23H24FN5O2S2/c1-13(2)29-21(15(4)31-17-10-6-5-9-16(17)24)27-28-23(29)32-12-19(30)25-22-26-20-14(3)8-7-11-18(20)33-22/h5-11,13,15H,12H2,1-4H3,(H,25,26,30). The van der Waals surface area contributed by atoms with E-state index < -0.39 is 11.9 Å². The van der Waals surface area contributed by atoms with E-state index in [1.807, 2.05) is 43.5 Å². The molecule has 172 valence electrons. The molecule has 0 saturated carbocycles. The molecular weight excluding hydrogens is 461 g/mol. The molecule has 1 unspecified atom stereocenters. The van der Waals surface area contributed by atoms with Crippen molar-refractivity contribution < 1.29 is 13.9 Å². The zero-order valence-corrected chi connectivity index (χ0v) is 20.3. The Bertz CT molecular complexity index is 1290. The van der Waals surface area contributed by atoms with Gasteiger partial charge in [0.1, 0.15) is 0 Å². The van der Waals surface area contributed by atoms with Crippen LogP contribution in [-0.2, 0) is 4.79 Å². The van der Waals surface area contributed by atoms with Crippen LogP contribution in [0.3, 0.4) is 0 Å². The number of amides is 1. The number of hydrogen-bond acceptors (Lipinski definition) is 7. The van der Waals surface area contributed by atoms with E-state index >= 15 is 0 Å². The zero-order chi connectivity index (χ0) is 23.5. The number of thiazole rings is 1. The number of aryl methyl sites for hydroxylation is 1. The van der Waals surface area contributed by atoms with Gasteiger partial charge in [-0.05, 0) is 51.5 Å². The molecule has 0 spiro atoms. The van der Waals surface area contributed by atoms with Crippen molar-refractivity contribution in [2.45, 2.75) is 45.0 Å². The lowest BCUT2D eigenvalue weighted by molar-refractivity contribution is -0.113. The fourth-order valence-electron chi connectivity index (χ4n) is 3.36. The second-order valence-corrected chi connectivity index (χ2v) is 9.75. The number of ether oxygens (including phenoxy) is 1. The molecule has 4 rings (SSSR count). The smallest absolute Gasteiger partial charge is 0.236 e. The normalized spacial score (nSPS) is 12.3. The maximum atomic E-state index is 14.0. The Kier molecular flexibility index (Phi) is 6.94. The molecule has 33 heavy (non-hydrogen) atoms. The Hall–Kier alpha value is -2.98. The van der Waals surface area contributed by atoms with Crippen LogP contribution in [0.25, 0.3) is 10.2 Å². The first-order chi connectivity index (χ1) is 15.8. The Morgan fingerprint density at radius 3 is 2.70 bits per heavy atom. The van der Waals surface area contributed by atoms with E-state index in [0.717, 1.165) is 15.8 Å². The molecule has 2 aromatic carbocycles. The maximum Gasteiger partial charge on any atom is 0.236 e. The van der Waals surface area contributed by atoms with E-state index in [4.69, 9.17) is 4.74 Å². The zero-order valence-electron chi connectivity index (χ0n) is 18.7. The van der Waals surface area contributed by atoms with Crippen molar-refractivity contribution in [2.75, 3.05) is 11.1 Å². The van der Waals surface area contributed by atoms with E-state index in [1.165, 1.54) is 29.2 Å². The van der Waals surface area contributed by atoms with Crippen molar-refractivity contribution in [1.82, 2.24) is 19.7 Å². The molecule has 1 N–H and O–H groups in total. The topological polar surface area (TPSA) is 81.9 Å². The largest absolute Gasteiger partial charge is 0.480 e. The Balaban J connectivity index is 1.44. The Morgan fingerprint density at radius 2 is 1.97 bits per heavy atom. The number of fused-ring (bicyclic) bond motifs is 1. The van der Waals surface area contributed by atoms with Gasteiger partial charge in [-0.3, -0.25) is 4.79 Å². The van der Waals surface area contributed by atoms with Gasteiger partial charge in [-0.15, -0.1) is 10.2 Å². The molecule has 2 heterocycles. The fraction of sp³-hybridized carbons (Fsp3) is 0.304. The molecule has 0 aliphatic carbocycles. The molecule has 0 fully saturated rings. The molecule has 10 heteroatoms. The molecule has 2 aromatic heterocycles. The first-order valence-corrected chi connectivity index (χ1v) is 12.3. The number of anilines is 1. The molecule has 0 bridgehead atoms. The van der Waals surface area contributed by atoms with Crippen LogP contribution in [0.5, 0.6) is 5.75 Å². The van der Waals surface area contributed by atoms with Crippen LogP contribution in [0, 0.1) is 12.7 Å². The Morgan fingerprint density at radius 1 is 1.18 bits per heavy atom. The number of para-hydroxylation sites is 2. The monoisotopic (exact) mass is 485 g/mol. The number of carbonyl (C=O) groups excluding carboxylic acids is 1. The van der Waals surface area contributed by atoms with Crippen LogP contribution in [0.4, 0.5) is 9.52 Å². The molecule has 4 aromatic rings. The number of thioether (sulfide) groups is 1. The summed E-state index contributed by atoms with van der Waals surface area (Å²) in [6.07, 6.45) is -0.522. The highest BCUT2D eigenvalue weighted by molar-refractivity contribution is 7.99. The minimum absolute atomic E-state index is 0.0273. The number of nitrogens with one attached hydrogen (secondary N) is 1. The van der Waals surface area contributed by atoms with Crippen molar-refractivity contribution in [1.29, 1.82) is 0 Å². The average Bonchev–Trinajstić information content (AvgIpc) is 3.38. The van der Waals surface area contributed by atoms with Gasteiger partial charge in [0.25, 0.3) is 0 Å². The van der Waals surface area contributed by atoms with Gasteiger partial charge in [0.05, 0.1) is 16.0 Å². The van der Waals surface area contributed by atoms with Gasteiger partial charge in [0.2, 0.25) is 5.91 Å². The number of rotatable bonds is 8. The quantitative estimate of drug-likeness (QED) is 0.318. The third-order valence-electron chi connectivity index (χ3n) is 4.91. The lowest BCUT2D eigenvalue weighted by Gasteiger charge is -2.19. The van der Waals surface area contributed by atoms with Crippen molar-refractivity contribution in [3.8, 4) is 5.75 Å². The van der Waals surface area contributed by atoms with Crippen LogP contribution >= 0.6 is 23.1 Å². The fourth-order valence-corrected chi connectivity index (χ4v) is 5.19. The Labute approximate surface area is 199 Å². The summed E-state index contributed by atoms with van der Waals surface area (Å²) in [7, 11) is 0. The van der Waals surface area contributed by atoms with Crippen LogP contribution in [0.2, 0.25) is 0 Å². The maximum absolute atomic E-state index is 14.0. The van der Waals surface area contributed by atoms with E-state index in [1.54, 1.807) is 25.1 Å². The van der Waals surface area contributed by atoms with E-state index in [-0.39, 0.29) is 23.5 Å². The summed E-state index contributed by atoms with van der Waals surface area (Å²) < 4.78 is 22.7. The summed E-state index contributed by atoms with van der Waals surface area (Å²) in [5, 5.41) is 12.6. The second kappa shape index (κ2) is 9.88. The van der Waals surface area contributed by atoms with Crippen LogP contribution < -0.4 is 10.1 Å². The summed E-state index contributed by atoms with van der Waals surface area (Å²) in [6.45, 7) is 7.79.